The number of hydrogen-bond donors (Lipinski definition) is 1. The van der Waals surface area contributed by atoms with Gasteiger partial charge < -0.3 is 19.3 Å². The van der Waals surface area contributed by atoms with E-state index in [4.69, 9.17) is 14.2 Å². The third-order valence-corrected chi connectivity index (χ3v) is 2.30. The Hall–Kier alpha value is -0.160. The summed E-state index contributed by atoms with van der Waals surface area (Å²) in [5.41, 5.74) is 0. The quantitative estimate of drug-likeness (QED) is 0.537. The van der Waals surface area contributed by atoms with Gasteiger partial charge in [0.15, 0.2) is 0 Å². The minimum atomic E-state index is -0.279. The summed E-state index contributed by atoms with van der Waals surface area (Å²) >= 11 is 0. The molecular formula is C13H28O4. The van der Waals surface area contributed by atoms with E-state index < -0.39 is 0 Å². The molecule has 2 atom stereocenters. The zero-order chi connectivity index (χ0) is 12.9. The van der Waals surface area contributed by atoms with Gasteiger partial charge in [0.1, 0.15) is 12.2 Å². The first-order valence-corrected chi connectivity index (χ1v) is 6.71. The van der Waals surface area contributed by atoms with E-state index in [-0.39, 0.29) is 18.8 Å². The molecule has 1 N–H and O–H groups in total. The zero-order valence-corrected chi connectivity index (χ0v) is 11.5. The fourth-order valence-corrected chi connectivity index (χ4v) is 1.42. The lowest BCUT2D eigenvalue weighted by molar-refractivity contribution is -0.118. The van der Waals surface area contributed by atoms with Crippen LogP contribution in [0.1, 0.15) is 40.0 Å². The first-order chi connectivity index (χ1) is 8.29. The molecule has 0 saturated heterocycles. The lowest BCUT2D eigenvalue weighted by Crippen LogP contribution is -2.38. The van der Waals surface area contributed by atoms with Gasteiger partial charge in [-0.2, -0.15) is 0 Å². The summed E-state index contributed by atoms with van der Waals surface area (Å²) < 4.78 is 16.7. The predicted octanol–water partition coefficient (Wildman–Crippen LogP) is 2.00. The molecule has 0 fully saturated rings. The Bertz CT molecular complexity index is 152. The van der Waals surface area contributed by atoms with E-state index in [2.05, 4.69) is 13.8 Å². The van der Waals surface area contributed by atoms with E-state index >= 15 is 0 Å². The maximum atomic E-state index is 9.32. The highest BCUT2D eigenvalue weighted by Crippen LogP contribution is 2.07. The van der Waals surface area contributed by atoms with E-state index in [0.29, 0.717) is 19.8 Å². The normalized spacial score (nSPS) is 14.8. The van der Waals surface area contributed by atoms with Crippen LogP contribution in [-0.4, -0.2) is 50.3 Å². The smallest absolute Gasteiger partial charge is 0.109 e. The molecule has 17 heavy (non-hydrogen) atoms. The first-order valence-electron chi connectivity index (χ1n) is 6.71. The van der Waals surface area contributed by atoms with Crippen molar-refractivity contribution in [1.82, 2.24) is 0 Å². The highest BCUT2D eigenvalue weighted by Gasteiger charge is 2.22. The average molecular weight is 248 g/mol. The lowest BCUT2D eigenvalue weighted by atomic mass is 10.2. The topological polar surface area (TPSA) is 47.9 Å². The van der Waals surface area contributed by atoms with Crippen LogP contribution in [0.15, 0.2) is 0 Å². The molecule has 104 valence electrons. The molecule has 0 aliphatic heterocycles. The fraction of sp³-hybridized carbons (Fsp3) is 1.00. The molecule has 2 unspecified atom stereocenters. The van der Waals surface area contributed by atoms with Gasteiger partial charge in [0.05, 0.1) is 13.2 Å². The Labute approximate surface area is 105 Å². The number of ether oxygens (including phenoxy) is 3. The van der Waals surface area contributed by atoms with Crippen LogP contribution in [0.5, 0.6) is 0 Å². The first kappa shape index (κ1) is 16.8. The number of aliphatic hydroxyl groups excluding tert-OH is 1. The van der Waals surface area contributed by atoms with Crippen molar-refractivity contribution in [3.05, 3.63) is 0 Å². The molecular weight excluding hydrogens is 220 g/mol. The molecule has 0 aromatic rings. The van der Waals surface area contributed by atoms with E-state index in [0.717, 1.165) is 25.9 Å². The predicted molar refractivity (Wildman–Crippen MR) is 68.3 cm³/mol. The second kappa shape index (κ2) is 12.3. The van der Waals surface area contributed by atoms with Crippen LogP contribution in [0.4, 0.5) is 0 Å². The van der Waals surface area contributed by atoms with Crippen molar-refractivity contribution in [1.29, 1.82) is 0 Å². The molecule has 0 aromatic heterocycles. The highest BCUT2D eigenvalue weighted by atomic mass is 16.6. The Morgan fingerprint density at radius 1 is 0.824 bits per heavy atom. The Morgan fingerprint density at radius 3 is 1.82 bits per heavy atom. The summed E-state index contributed by atoms with van der Waals surface area (Å²) in [7, 11) is 0. The molecule has 0 aliphatic rings. The standard InChI is InChI=1S/C13H28O4/c1-4-7-15-11-13(17-9-6-3)12(10-14)16-8-5-2/h12-14H,4-11H2,1-3H3. The molecule has 0 amide bonds. The second-order valence-corrected chi connectivity index (χ2v) is 4.08. The van der Waals surface area contributed by atoms with Crippen LogP contribution in [0.25, 0.3) is 0 Å². The van der Waals surface area contributed by atoms with Crippen LogP contribution in [0.2, 0.25) is 0 Å². The highest BCUT2D eigenvalue weighted by molar-refractivity contribution is 4.70. The van der Waals surface area contributed by atoms with Crippen molar-refractivity contribution in [2.45, 2.75) is 52.2 Å². The van der Waals surface area contributed by atoms with E-state index in [1.54, 1.807) is 0 Å². The van der Waals surface area contributed by atoms with Crippen molar-refractivity contribution in [3.63, 3.8) is 0 Å². The van der Waals surface area contributed by atoms with Gasteiger partial charge in [-0.1, -0.05) is 20.8 Å². The third kappa shape index (κ3) is 8.55. The van der Waals surface area contributed by atoms with Crippen LogP contribution >= 0.6 is 0 Å². The summed E-state index contributed by atoms with van der Waals surface area (Å²) in [6.07, 6.45) is 2.43. The largest absolute Gasteiger partial charge is 0.394 e. The fourth-order valence-electron chi connectivity index (χ4n) is 1.42. The van der Waals surface area contributed by atoms with E-state index in [9.17, 15) is 5.11 Å². The van der Waals surface area contributed by atoms with E-state index in [1.807, 2.05) is 6.92 Å². The van der Waals surface area contributed by atoms with Crippen molar-refractivity contribution >= 4 is 0 Å². The Kier molecular flexibility index (Phi) is 12.2. The second-order valence-electron chi connectivity index (χ2n) is 4.08. The molecule has 0 rings (SSSR count). The summed E-state index contributed by atoms with van der Waals surface area (Å²) in [6.45, 7) is 8.68. The molecule has 0 heterocycles. The molecule has 4 nitrogen and oxygen atoms in total. The van der Waals surface area contributed by atoms with Gasteiger partial charge in [-0.15, -0.1) is 0 Å². The van der Waals surface area contributed by atoms with Crippen molar-refractivity contribution in [2.24, 2.45) is 0 Å². The van der Waals surface area contributed by atoms with Crippen molar-refractivity contribution in [2.75, 3.05) is 33.0 Å². The average Bonchev–Trinajstić information content (AvgIpc) is 2.36. The van der Waals surface area contributed by atoms with Gasteiger partial charge in [-0.3, -0.25) is 0 Å². The van der Waals surface area contributed by atoms with Crippen LogP contribution in [0.3, 0.4) is 0 Å². The van der Waals surface area contributed by atoms with Crippen LogP contribution < -0.4 is 0 Å². The maximum Gasteiger partial charge on any atom is 0.109 e. The van der Waals surface area contributed by atoms with Gasteiger partial charge in [0.2, 0.25) is 0 Å². The molecule has 0 radical (unpaired) electrons. The minimum Gasteiger partial charge on any atom is -0.394 e. The summed E-state index contributed by atoms with van der Waals surface area (Å²) in [6, 6.07) is 0. The van der Waals surface area contributed by atoms with E-state index in [1.165, 1.54) is 0 Å². The number of hydrogen-bond acceptors (Lipinski definition) is 4. The Morgan fingerprint density at radius 2 is 1.35 bits per heavy atom. The van der Waals surface area contributed by atoms with Crippen LogP contribution in [-0.2, 0) is 14.2 Å². The van der Waals surface area contributed by atoms with Gasteiger partial charge in [-0.05, 0) is 19.3 Å². The SMILES string of the molecule is CCCOCC(OCCC)C(CO)OCCC. The van der Waals surface area contributed by atoms with Gasteiger partial charge >= 0.3 is 0 Å². The zero-order valence-electron chi connectivity index (χ0n) is 11.5. The third-order valence-electron chi connectivity index (χ3n) is 2.30. The maximum absolute atomic E-state index is 9.32. The van der Waals surface area contributed by atoms with Gasteiger partial charge in [0, 0.05) is 19.8 Å². The molecule has 0 aromatic carbocycles. The molecule has 0 aliphatic carbocycles. The molecule has 4 heteroatoms. The number of aliphatic hydroxyl groups is 1. The number of rotatable bonds is 12. The van der Waals surface area contributed by atoms with Crippen molar-refractivity contribution in [3.8, 4) is 0 Å². The van der Waals surface area contributed by atoms with Gasteiger partial charge in [0.25, 0.3) is 0 Å². The van der Waals surface area contributed by atoms with Crippen LogP contribution in [0, 0.1) is 0 Å². The molecule has 0 bridgehead atoms. The molecule has 0 spiro atoms. The van der Waals surface area contributed by atoms with Gasteiger partial charge in [-0.25, -0.2) is 0 Å². The molecule has 0 saturated carbocycles. The summed E-state index contributed by atoms with van der Waals surface area (Å²) in [5, 5.41) is 9.32. The monoisotopic (exact) mass is 248 g/mol. The summed E-state index contributed by atoms with van der Waals surface area (Å²) in [4.78, 5) is 0. The van der Waals surface area contributed by atoms with Crippen molar-refractivity contribution < 1.29 is 19.3 Å². The summed E-state index contributed by atoms with van der Waals surface area (Å²) in [5.74, 6) is 0. The Balaban J connectivity index is 4.08. The minimum absolute atomic E-state index is 0.0239. The lowest BCUT2D eigenvalue weighted by Gasteiger charge is -2.25.